The summed E-state index contributed by atoms with van der Waals surface area (Å²) in [5.41, 5.74) is 2.49. The van der Waals surface area contributed by atoms with Crippen LogP contribution in [0.2, 0.25) is 0 Å². The molecule has 0 aliphatic carbocycles. The third-order valence-corrected chi connectivity index (χ3v) is 4.56. The average Bonchev–Trinajstić information content (AvgIpc) is 2.39. The summed E-state index contributed by atoms with van der Waals surface area (Å²) < 4.78 is 0. The molecule has 1 saturated heterocycles. The number of nitrogens with one attached hydrogen (secondary N) is 1. The van der Waals surface area contributed by atoms with Crippen LogP contribution in [0.25, 0.3) is 0 Å². The number of carbonyl (C=O) groups excluding carboxylic acids is 1. The van der Waals surface area contributed by atoms with Gasteiger partial charge in [-0.3, -0.25) is 4.79 Å². The predicted molar refractivity (Wildman–Crippen MR) is 87.9 cm³/mol. The Bertz CT molecular complexity index is 467. The number of aryl methyl sites for hydroxylation is 2. The normalized spacial score (nSPS) is 18.6. The Morgan fingerprint density at radius 1 is 1.45 bits per heavy atom. The van der Waals surface area contributed by atoms with Crippen molar-refractivity contribution in [2.45, 2.75) is 31.7 Å². The van der Waals surface area contributed by atoms with Gasteiger partial charge in [0, 0.05) is 30.6 Å². The fraction of sp³-hybridized carbons (Fsp3) is 0.533. The van der Waals surface area contributed by atoms with Crippen molar-refractivity contribution >= 4 is 30.1 Å². The van der Waals surface area contributed by atoms with Crippen molar-refractivity contribution in [2.75, 3.05) is 25.4 Å². The quantitative estimate of drug-likeness (QED) is 0.871. The number of nitrogens with zero attached hydrogens (tertiary/aromatic N) is 1. The molecule has 0 saturated carbocycles. The van der Waals surface area contributed by atoms with E-state index in [0.29, 0.717) is 11.8 Å². The highest BCUT2D eigenvalue weighted by atomic mass is 35.5. The summed E-state index contributed by atoms with van der Waals surface area (Å²) in [5, 5.41) is 3.36. The van der Waals surface area contributed by atoms with E-state index in [1.54, 1.807) is 11.8 Å². The van der Waals surface area contributed by atoms with Gasteiger partial charge in [-0.05, 0) is 32.4 Å². The molecule has 1 heterocycles. The maximum atomic E-state index is 12.2. The van der Waals surface area contributed by atoms with E-state index < -0.39 is 0 Å². The summed E-state index contributed by atoms with van der Waals surface area (Å²) >= 11 is 1.65. The maximum Gasteiger partial charge on any atom is 0.233 e. The van der Waals surface area contributed by atoms with E-state index in [0.717, 1.165) is 19.6 Å². The van der Waals surface area contributed by atoms with Gasteiger partial charge in [-0.2, -0.15) is 0 Å². The molecule has 112 valence electrons. The van der Waals surface area contributed by atoms with Gasteiger partial charge in [-0.1, -0.05) is 17.7 Å². The molecule has 1 aliphatic rings. The summed E-state index contributed by atoms with van der Waals surface area (Å²) in [6, 6.07) is 6.80. The smallest absolute Gasteiger partial charge is 0.233 e. The van der Waals surface area contributed by atoms with Gasteiger partial charge in [0.2, 0.25) is 5.91 Å². The Kier molecular flexibility index (Phi) is 6.86. The summed E-state index contributed by atoms with van der Waals surface area (Å²) in [6.45, 7) is 8.86. The van der Waals surface area contributed by atoms with Crippen molar-refractivity contribution in [3.63, 3.8) is 0 Å². The number of benzene rings is 1. The molecule has 0 bridgehead atoms. The SMILES string of the molecule is Cc1ccc(C)c(SCC(=O)N2CCNC(C)C2)c1.Cl. The van der Waals surface area contributed by atoms with Crippen molar-refractivity contribution in [3.8, 4) is 0 Å². The van der Waals surface area contributed by atoms with Crippen LogP contribution in [-0.2, 0) is 4.79 Å². The lowest BCUT2D eigenvalue weighted by atomic mass is 10.2. The van der Waals surface area contributed by atoms with Crippen LogP contribution in [0, 0.1) is 13.8 Å². The van der Waals surface area contributed by atoms with Gasteiger partial charge >= 0.3 is 0 Å². The minimum absolute atomic E-state index is 0. The second-order valence-corrected chi connectivity index (χ2v) is 6.27. The molecular formula is C15H23ClN2OS. The lowest BCUT2D eigenvalue weighted by Crippen LogP contribution is -2.51. The Balaban J connectivity index is 0.00000200. The molecule has 5 heteroatoms. The first-order chi connectivity index (χ1) is 9.06. The molecule has 0 aromatic heterocycles. The van der Waals surface area contributed by atoms with Gasteiger partial charge in [-0.15, -0.1) is 24.2 Å². The molecule has 0 radical (unpaired) electrons. The number of halogens is 1. The van der Waals surface area contributed by atoms with E-state index in [2.05, 4.69) is 44.3 Å². The third kappa shape index (κ3) is 4.69. The van der Waals surface area contributed by atoms with E-state index in [4.69, 9.17) is 0 Å². The number of hydrogen-bond acceptors (Lipinski definition) is 3. The van der Waals surface area contributed by atoms with Gasteiger partial charge in [0.05, 0.1) is 5.75 Å². The first kappa shape index (κ1) is 17.3. The van der Waals surface area contributed by atoms with Gasteiger partial charge in [0.15, 0.2) is 0 Å². The van der Waals surface area contributed by atoms with Crippen molar-refractivity contribution in [1.29, 1.82) is 0 Å². The molecule has 1 fully saturated rings. The number of hydrogen-bond donors (Lipinski definition) is 1. The van der Waals surface area contributed by atoms with Crippen LogP contribution < -0.4 is 5.32 Å². The van der Waals surface area contributed by atoms with Crippen LogP contribution in [-0.4, -0.2) is 42.2 Å². The van der Waals surface area contributed by atoms with Gasteiger partial charge in [-0.25, -0.2) is 0 Å². The number of piperazine rings is 1. The van der Waals surface area contributed by atoms with Crippen LogP contribution in [0.4, 0.5) is 0 Å². The number of amides is 1. The first-order valence-electron chi connectivity index (χ1n) is 6.77. The van der Waals surface area contributed by atoms with Crippen LogP contribution in [0.1, 0.15) is 18.1 Å². The minimum Gasteiger partial charge on any atom is -0.339 e. The number of thioether (sulfide) groups is 1. The van der Waals surface area contributed by atoms with Crippen LogP contribution in [0.3, 0.4) is 0 Å². The van der Waals surface area contributed by atoms with Crippen molar-refractivity contribution in [1.82, 2.24) is 10.2 Å². The molecule has 1 aromatic rings. The minimum atomic E-state index is 0. The fourth-order valence-corrected chi connectivity index (χ4v) is 3.28. The number of carbonyl (C=O) groups is 1. The van der Waals surface area contributed by atoms with E-state index in [1.165, 1.54) is 16.0 Å². The Morgan fingerprint density at radius 3 is 2.90 bits per heavy atom. The molecule has 1 aromatic carbocycles. The first-order valence-corrected chi connectivity index (χ1v) is 7.76. The predicted octanol–water partition coefficient (Wildman–Crippen LogP) is 2.64. The zero-order chi connectivity index (χ0) is 13.8. The van der Waals surface area contributed by atoms with Gasteiger partial charge in [0.1, 0.15) is 0 Å². The zero-order valence-corrected chi connectivity index (χ0v) is 13.9. The summed E-state index contributed by atoms with van der Waals surface area (Å²) in [6.07, 6.45) is 0. The Hall–Kier alpha value is -0.710. The lowest BCUT2D eigenvalue weighted by molar-refractivity contribution is -0.129. The van der Waals surface area contributed by atoms with Crippen molar-refractivity contribution in [3.05, 3.63) is 29.3 Å². The fourth-order valence-electron chi connectivity index (χ4n) is 2.25. The van der Waals surface area contributed by atoms with Crippen molar-refractivity contribution in [2.24, 2.45) is 0 Å². The molecule has 20 heavy (non-hydrogen) atoms. The standard InChI is InChI=1S/C15H22N2OS.ClH/c1-11-4-5-12(2)14(8-11)19-10-15(18)17-7-6-16-13(3)9-17;/h4-5,8,13,16H,6-7,9-10H2,1-3H3;1H. The average molecular weight is 315 g/mol. The van der Waals surface area contributed by atoms with Crippen molar-refractivity contribution < 1.29 is 4.79 Å². The molecule has 2 rings (SSSR count). The monoisotopic (exact) mass is 314 g/mol. The molecule has 1 N–H and O–H groups in total. The Morgan fingerprint density at radius 2 is 2.20 bits per heavy atom. The highest BCUT2D eigenvalue weighted by Crippen LogP contribution is 2.23. The second-order valence-electron chi connectivity index (χ2n) is 5.25. The number of rotatable bonds is 3. The van der Waals surface area contributed by atoms with Crippen LogP contribution >= 0.6 is 24.2 Å². The maximum absolute atomic E-state index is 12.2. The van der Waals surface area contributed by atoms with E-state index >= 15 is 0 Å². The van der Waals surface area contributed by atoms with Crippen LogP contribution in [0.15, 0.2) is 23.1 Å². The highest BCUT2D eigenvalue weighted by molar-refractivity contribution is 8.00. The summed E-state index contributed by atoms with van der Waals surface area (Å²) in [5.74, 6) is 0.788. The summed E-state index contributed by atoms with van der Waals surface area (Å²) in [4.78, 5) is 15.4. The van der Waals surface area contributed by atoms with E-state index in [9.17, 15) is 4.79 Å². The lowest BCUT2D eigenvalue weighted by Gasteiger charge is -2.31. The highest BCUT2D eigenvalue weighted by Gasteiger charge is 2.20. The molecule has 3 nitrogen and oxygen atoms in total. The van der Waals surface area contributed by atoms with Gasteiger partial charge < -0.3 is 10.2 Å². The van der Waals surface area contributed by atoms with E-state index in [-0.39, 0.29) is 18.3 Å². The Labute approximate surface area is 131 Å². The zero-order valence-electron chi connectivity index (χ0n) is 12.3. The third-order valence-electron chi connectivity index (χ3n) is 3.42. The summed E-state index contributed by atoms with van der Waals surface area (Å²) in [7, 11) is 0. The molecule has 1 amide bonds. The van der Waals surface area contributed by atoms with E-state index in [1.807, 2.05) is 4.90 Å². The van der Waals surface area contributed by atoms with Gasteiger partial charge in [0.25, 0.3) is 0 Å². The topological polar surface area (TPSA) is 32.3 Å². The molecule has 0 spiro atoms. The molecule has 1 unspecified atom stereocenters. The molecule has 1 aliphatic heterocycles. The second kappa shape index (κ2) is 7.91. The largest absolute Gasteiger partial charge is 0.339 e. The molecular weight excluding hydrogens is 292 g/mol. The van der Waals surface area contributed by atoms with Crippen LogP contribution in [0.5, 0.6) is 0 Å². The molecule has 1 atom stereocenters.